The number of methoxy groups -OCH3 is 1. The van der Waals surface area contributed by atoms with Crippen LogP contribution in [0, 0.1) is 0 Å². The van der Waals surface area contributed by atoms with Gasteiger partial charge in [-0.05, 0) is 33.6 Å². The third-order valence-electron chi connectivity index (χ3n) is 3.60. The molecule has 1 saturated heterocycles. The van der Waals surface area contributed by atoms with Crippen LogP contribution in [0.25, 0.3) is 0 Å². The molecule has 9 heteroatoms. The van der Waals surface area contributed by atoms with Crippen molar-refractivity contribution in [3.05, 3.63) is 0 Å². The molecule has 24 heavy (non-hydrogen) atoms. The van der Waals surface area contributed by atoms with E-state index in [9.17, 15) is 14.4 Å². The molecule has 1 heterocycles. The zero-order valence-electron chi connectivity index (χ0n) is 14.7. The van der Waals surface area contributed by atoms with Gasteiger partial charge in [-0.25, -0.2) is 14.4 Å². The Morgan fingerprint density at radius 1 is 1.25 bits per heavy atom. The third kappa shape index (κ3) is 5.88. The van der Waals surface area contributed by atoms with Crippen LogP contribution in [0.4, 0.5) is 9.59 Å². The number of carboxylic acid groups (broad SMARTS) is 1. The van der Waals surface area contributed by atoms with E-state index in [-0.39, 0.29) is 19.6 Å². The summed E-state index contributed by atoms with van der Waals surface area (Å²) in [7, 11) is 1.27. The summed E-state index contributed by atoms with van der Waals surface area (Å²) >= 11 is 0. The normalized spacial score (nSPS) is 21.1. The van der Waals surface area contributed by atoms with Gasteiger partial charge in [0.2, 0.25) is 0 Å². The molecule has 1 aliphatic heterocycles. The van der Waals surface area contributed by atoms with Crippen molar-refractivity contribution in [3.63, 3.8) is 0 Å². The number of carbonyl (C=O) groups excluding carboxylic acids is 2. The van der Waals surface area contributed by atoms with E-state index in [4.69, 9.17) is 14.6 Å². The van der Waals surface area contributed by atoms with Gasteiger partial charge in [0.1, 0.15) is 11.1 Å². The van der Waals surface area contributed by atoms with Crippen molar-refractivity contribution in [1.82, 2.24) is 15.5 Å². The van der Waals surface area contributed by atoms with Gasteiger partial charge < -0.3 is 24.8 Å². The molecule has 138 valence electrons. The van der Waals surface area contributed by atoms with E-state index in [1.807, 2.05) is 0 Å². The highest BCUT2D eigenvalue weighted by molar-refractivity contribution is 5.82. The number of alkyl carbamates (subject to hydrolysis) is 1. The molecule has 9 nitrogen and oxygen atoms in total. The minimum Gasteiger partial charge on any atom is -0.468 e. The summed E-state index contributed by atoms with van der Waals surface area (Å²) < 4.78 is 9.95. The average molecular weight is 345 g/mol. The summed E-state index contributed by atoms with van der Waals surface area (Å²) in [5, 5.41) is 14.8. The third-order valence-corrected chi connectivity index (χ3v) is 3.60. The molecule has 2 amide bonds. The maximum atomic E-state index is 12.2. The zero-order valence-corrected chi connectivity index (χ0v) is 14.7. The van der Waals surface area contributed by atoms with Gasteiger partial charge in [-0.2, -0.15) is 0 Å². The van der Waals surface area contributed by atoms with Crippen molar-refractivity contribution in [2.75, 3.05) is 33.3 Å². The van der Waals surface area contributed by atoms with E-state index in [0.717, 1.165) is 0 Å². The van der Waals surface area contributed by atoms with Gasteiger partial charge in [0.25, 0.3) is 0 Å². The molecule has 3 N–H and O–H groups in total. The van der Waals surface area contributed by atoms with Crippen LogP contribution in [0.3, 0.4) is 0 Å². The number of nitrogens with one attached hydrogen (secondary N) is 2. The number of ether oxygens (including phenoxy) is 2. The van der Waals surface area contributed by atoms with Gasteiger partial charge >= 0.3 is 18.2 Å². The molecule has 0 aliphatic carbocycles. The minimum atomic E-state index is -1.10. The van der Waals surface area contributed by atoms with Crippen molar-refractivity contribution in [2.24, 2.45) is 0 Å². The summed E-state index contributed by atoms with van der Waals surface area (Å²) in [6, 6.07) is 0. The van der Waals surface area contributed by atoms with Crippen LogP contribution in [0.15, 0.2) is 0 Å². The lowest BCUT2D eigenvalue weighted by Gasteiger charge is -2.40. The minimum absolute atomic E-state index is 0.0153. The molecule has 0 aromatic rings. The molecule has 0 aromatic heterocycles. The van der Waals surface area contributed by atoms with E-state index in [1.54, 1.807) is 20.8 Å². The second-order valence-electron chi connectivity index (χ2n) is 6.74. The standard InChI is InChI=1S/C15H27N3O6/c1-14(2,3)24-12(20)16-7-8-17-15(11(19)23-4)6-5-9-18(10-15)13(21)22/h17H,5-10H2,1-4H3,(H,16,20)(H,21,22). The largest absolute Gasteiger partial charge is 0.468 e. The van der Waals surface area contributed by atoms with Gasteiger partial charge in [0.05, 0.1) is 13.7 Å². The van der Waals surface area contributed by atoms with Crippen LogP contribution >= 0.6 is 0 Å². The lowest BCUT2D eigenvalue weighted by molar-refractivity contribution is -0.150. The monoisotopic (exact) mass is 345 g/mol. The Kier molecular flexibility index (Phi) is 6.82. The number of hydrogen-bond donors (Lipinski definition) is 3. The van der Waals surface area contributed by atoms with Gasteiger partial charge in [-0.15, -0.1) is 0 Å². The first-order valence-electron chi connectivity index (χ1n) is 7.88. The number of piperidine rings is 1. The molecular weight excluding hydrogens is 318 g/mol. The van der Waals surface area contributed by atoms with Crippen LogP contribution in [-0.2, 0) is 14.3 Å². The van der Waals surface area contributed by atoms with E-state index in [0.29, 0.717) is 19.4 Å². The Morgan fingerprint density at radius 3 is 2.46 bits per heavy atom. The summed E-state index contributed by atoms with van der Waals surface area (Å²) in [4.78, 5) is 36.1. The van der Waals surface area contributed by atoms with Crippen molar-refractivity contribution in [2.45, 2.75) is 44.8 Å². The Hall–Kier alpha value is -2.03. The maximum absolute atomic E-state index is 12.2. The summed E-state index contributed by atoms with van der Waals surface area (Å²) in [5.74, 6) is -0.509. The average Bonchev–Trinajstić information content (AvgIpc) is 2.49. The molecular formula is C15H27N3O6. The highest BCUT2D eigenvalue weighted by atomic mass is 16.6. The first-order chi connectivity index (χ1) is 11.1. The van der Waals surface area contributed by atoms with E-state index >= 15 is 0 Å². The van der Waals surface area contributed by atoms with Crippen LogP contribution in [0.5, 0.6) is 0 Å². The Bertz CT molecular complexity index is 476. The highest BCUT2D eigenvalue weighted by Crippen LogP contribution is 2.22. The Morgan fingerprint density at radius 2 is 1.92 bits per heavy atom. The number of likely N-dealkylation sites (tertiary alicyclic amines) is 1. The molecule has 1 aliphatic rings. The number of carbonyl (C=O) groups is 3. The molecule has 1 unspecified atom stereocenters. The second kappa shape index (κ2) is 8.18. The predicted octanol–water partition coefficient (Wildman–Crippen LogP) is 0.786. The fourth-order valence-corrected chi connectivity index (χ4v) is 2.58. The van der Waals surface area contributed by atoms with Crippen molar-refractivity contribution in [3.8, 4) is 0 Å². The molecule has 1 rings (SSSR count). The van der Waals surface area contributed by atoms with Crippen LogP contribution in [-0.4, -0.2) is 72.6 Å². The van der Waals surface area contributed by atoms with Crippen molar-refractivity contribution >= 4 is 18.2 Å². The van der Waals surface area contributed by atoms with Gasteiger partial charge in [0.15, 0.2) is 0 Å². The van der Waals surface area contributed by atoms with Crippen LogP contribution in [0.2, 0.25) is 0 Å². The highest BCUT2D eigenvalue weighted by Gasteiger charge is 2.44. The molecule has 1 atom stereocenters. The molecule has 1 fully saturated rings. The van der Waals surface area contributed by atoms with Crippen molar-refractivity contribution < 1.29 is 29.0 Å². The summed E-state index contributed by atoms with van der Waals surface area (Å²) in [6.07, 6.45) is -0.604. The zero-order chi connectivity index (χ0) is 18.4. The Balaban J connectivity index is 2.57. The van der Waals surface area contributed by atoms with Gasteiger partial charge in [-0.3, -0.25) is 5.32 Å². The fourth-order valence-electron chi connectivity index (χ4n) is 2.58. The quantitative estimate of drug-likeness (QED) is 0.498. The number of esters is 1. The van der Waals surface area contributed by atoms with E-state index in [1.165, 1.54) is 12.0 Å². The van der Waals surface area contributed by atoms with E-state index in [2.05, 4.69) is 10.6 Å². The smallest absolute Gasteiger partial charge is 0.407 e. The predicted molar refractivity (Wildman–Crippen MR) is 85.8 cm³/mol. The van der Waals surface area contributed by atoms with Crippen LogP contribution < -0.4 is 10.6 Å². The SMILES string of the molecule is COC(=O)C1(NCCNC(=O)OC(C)(C)C)CCCN(C(=O)O)C1. The number of rotatable bonds is 5. The number of hydrogen-bond acceptors (Lipinski definition) is 6. The lowest BCUT2D eigenvalue weighted by atomic mass is 9.89. The van der Waals surface area contributed by atoms with Crippen LogP contribution in [0.1, 0.15) is 33.6 Å². The molecule has 0 radical (unpaired) electrons. The summed E-state index contributed by atoms with van der Waals surface area (Å²) in [6.45, 7) is 6.20. The fraction of sp³-hybridized carbons (Fsp3) is 0.800. The van der Waals surface area contributed by atoms with Crippen molar-refractivity contribution in [1.29, 1.82) is 0 Å². The van der Waals surface area contributed by atoms with Gasteiger partial charge in [0, 0.05) is 19.6 Å². The number of amides is 2. The molecule has 0 bridgehead atoms. The molecule has 0 spiro atoms. The Labute approximate surface area is 141 Å². The maximum Gasteiger partial charge on any atom is 0.407 e. The molecule has 0 saturated carbocycles. The lowest BCUT2D eigenvalue weighted by Crippen LogP contribution is -2.63. The second-order valence-corrected chi connectivity index (χ2v) is 6.74. The first kappa shape index (κ1) is 20.0. The molecule has 0 aromatic carbocycles. The van der Waals surface area contributed by atoms with E-state index < -0.39 is 29.3 Å². The number of nitrogens with zero attached hydrogens (tertiary/aromatic N) is 1. The van der Waals surface area contributed by atoms with Gasteiger partial charge in [-0.1, -0.05) is 0 Å². The topological polar surface area (TPSA) is 117 Å². The first-order valence-corrected chi connectivity index (χ1v) is 7.88. The summed E-state index contributed by atoms with van der Waals surface area (Å²) in [5.41, 5.74) is -1.68.